The summed E-state index contributed by atoms with van der Waals surface area (Å²) in [6, 6.07) is 9.10. The lowest BCUT2D eigenvalue weighted by molar-refractivity contribution is -0.138. The van der Waals surface area contributed by atoms with Crippen LogP contribution in [0.15, 0.2) is 48.5 Å². The van der Waals surface area contributed by atoms with Gasteiger partial charge < -0.3 is 9.47 Å². The van der Waals surface area contributed by atoms with Crippen molar-refractivity contribution in [2.75, 3.05) is 13.2 Å². The maximum Gasteiger partial charge on any atom is 0.416 e. The summed E-state index contributed by atoms with van der Waals surface area (Å²) in [6.07, 6.45) is -8.28. The summed E-state index contributed by atoms with van der Waals surface area (Å²) >= 11 is 0. The van der Waals surface area contributed by atoms with Gasteiger partial charge in [-0.1, -0.05) is 24.0 Å². The number of rotatable bonds is 6. The third kappa shape index (κ3) is 7.06. The molecule has 0 radical (unpaired) electrons. The third-order valence-corrected chi connectivity index (χ3v) is 3.44. The van der Waals surface area contributed by atoms with Crippen LogP contribution in [-0.4, -0.2) is 13.2 Å². The highest BCUT2D eigenvalue weighted by Gasteiger charge is 2.31. The van der Waals surface area contributed by atoms with Crippen LogP contribution in [0.4, 0.5) is 26.3 Å². The standard InChI is InChI=1S/C20H16F6O2/c21-19(22,23)15-7-5-9-17(13-15)27-11-3-1-2-4-12-28-18-10-6-8-16(14-18)20(24,25)26/h5-10,13-14H,3-4,11-12H2. The Bertz CT molecular complexity index is 763. The zero-order chi connectivity index (χ0) is 20.6. The van der Waals surface area contributed by atoms with Crippen molar-refractivity contribution in [2.24, 2.45) is 0 Å². The first kappa shape index (κ1) is 21.5. The van der Waals surface area contributed by atoms with Crippen molar-refractivity contribution < 1.29 is 35.8 Å². The van der Waals surface area contributed by atoms with Crippen molar-refractivity contribution in [3.05, 3.63) is 59.7 Å². The first-order valence-electron chi connectivity index (χ1n) is 8.22. The van der Waals surface area contributed by atoms with Gasteiger partial charge >= 0.3 is 12.4 Å². The molecular formula is C20H16F6O2. The van der Waals surface area contributed by atoms with Crippen LogP contribution in [-0.2, 0) is 12.4 Å². The predicted molar refractivity (Wildman–Crippen MR) is 90.9 cm³/mol. The van der Waals surface area contributed by atoms with E-state index in [0.29, 0.717) is 12.8 Å². The van der Waals surface area contributed by atoms with E-state index in [0.717, 1.165) is 24.3 Å². The van der Waals surface area contributed by atoms with E-state index in [1.165, 1.54) is 24.3 Å². The molecule has 2 aromatic rings. The van der Waals surface area contributed by atoms with Gasteiger partial charge in [-0.05, 0) is 36.4 Å². The van der Waals surface area contributed by atoms with E-state index >= 15 is 0 Å². The van der Waals surface area contributed by atoms with Gasteiger partial charge in [-0.2, -0.15) is 26.3 Å². The molecule has 8 heteroatoms. The number of hydrogen-bond donors (Lipinski definition) is 0. The summed E-state index contributed by atoms with van der Waals surface area (Å²) in [5.41, 5.74) is -1.58. The average Bonchev–Trinajstić information content (AvgIpc) is 2.63. The largest absolute Gasteiger partial charge is 0.493 e. The van der Waals surface area contributed by atoms with Crippen molar-refractivity contribution in [1.29, 1.82) is 0 Å². The molecule has 0 aromatic heterocycles. The van der Waals surface area contributed by atoms with Crippen LogP contribution >= 0.6 is 0 Å². The molecule has 0 aliphatic carbocycles. The summed E-state index contributed by atoms with van der Waals surface area (Å²) < 4.78 is 86.0. The molecule has 0 saturated heterocycles. The van der Waals surface area contributed by atoms with E-state index in [2.05, 4.69) is 11.8 Å². The van der Waals surface area contributed by atoms with Gasteiger partial charge in [0, 0.05) is 12.8 Å². The zero-order valence-electron chi connectivity index (χ0n) is 14.5. The molecule has 0 amide bonds. The van der Waals surface area contributed by atoms with Gasteiger partial charge in [0.15, 0.2) is 0 Å². The average molecular weight is 402 g/mol. The molecule has 2 aromatic carbocycles. The van der Waals surface area contributed by atoms with Crippen LogP contribution in [0.25, 0.3) is 0 Å². The lowest BCUT2D eigenvalue weighted by Crippen LogP contribution is -2.05. The molecule has 0 aliphatic heterocycles. The Kier molecular flexibility index (Phi) is 7.21. The third-order valence-electron chi connectivity index (χ3n) is 3.44. The Morgan fingerprint density at radius 3 is 1.39 bits per heavy atom. The smallest absolute Gasteiger partial charge is 0.416 e. The van der Waals surface area contributed by atoms with Crippen molar-refractivity contribution in [3.63, 3.8) is 0 Å². The molecule has 0 fully saturated rings. The molecule has 150 valence electrons. The summed E-state index contributed by atoms with van der Waals surface area (Å²) in [6.45, 7) is 0.228. The normalized spacial score (nSPS) is 11.5. The highest BCUT2D eigenvalue weighted by Crippen LogP contribution is 2.32. The second kappa shape index (κ2) is 9.40. The highest BCUT2D eigenvalue weighted by molar-refractivity contribution is 5.31. The van der Waals surface area contributed by atoms with Gasteiger partial charge in [0.25, 0.3) is 0 Å². The van der Waals surface area contributed by atoms with E-state index in [1.54, 1.807) is 0 Å². The molecule has 0 bridgehead atoms. The van der Waals surface area contributed by atoms with E-state index in [4.69, 9.17) is 9.47 Å². The maximum atomic E-state index is 12.6. The molecular weight excluding hydrogens is 386 g/mol. The number of halogens is 6. The number of benzene rings is 2. The Labute approximate surface area is 158 Å². The Morgan fingerprint density at radius 2 is 1.04 bits per heavy atom. The van der Waals surface area contributed by atoms with Crippen molar-refractivity contribution in [2.45, 2.75) is 25.2 Å². The van der Waals surface area contributed by atoms with Crippen molar-refractivity contribution >= 4 is 0 Å². The van der Waals surface area contributed by atoms with E-state index < -0.39 is 23.5 Å². The minimum absolute atomic E-state index is 0.101. The van der Waals surface area contributed by atoms with Crippen LogP contribution in [0.3, 0.4) is 0 Å². The predicted octanol–water partition coefficient (Wildman–Crippen LogP) is 5.97. The molecule has 0 saturated carbocycles. The Balaban J connectivity index is 1.70. The lowest BCUT2D eigenvalue weighted by atomic mass is 10.2. The fraction of sp³-hybridized carbons (Fsp3) is 0.300. The molecule has 2 nitrogen and oxygen atoms in total. The Hall–Kier alpha value is -2.82. The monoisotopic (exact) mass is 402 g/mol. The fourth-order valence-corrected chi connectivity index (χ4v) is 2.14. The van der Waals surface area contributed by atoms with Crippen molar-refractivity contribution in [1.82, 2.24) is 0 Å². The fourth-order valence-electron chi connectivity index (χ4n) is 2.14. The molecule has 0 aliphatic rings. The molecule has 0 spiro atoms. The van der Waals surface area contributed by atoms with Gasteiger partial charge in [-0.25, -0.2) is 0 Å². The maximum absolute atomic E-state index is 12.6. The second-order valence-electron chi connectivity index (χ2n) is 5.60. The van der Waals surface area contributed by atoms with Crippen LogP contribution in [0, 0.1) is 11.8 Å². The minimum Gasteiger partial charge on any atom is -0.493 e. The quantitative estimate of drug-likeness (QED) is 0.337. The molecule has 0 unspecified atom stereocenters. The summed E-state index contributed by atoms with van der Waals surface area (Å²) in [5, 5.41) is 0. The molecule has 0 N–H and O–H groups in total. The van der Waals surface area contributed by atoms with Gasteiger partial charge in [-0.3, -0.25) is 0 Å². The van der Waals surface area contributed by atoms with Crippen LogP contribution < -0.4 is 9.47 Å². The van der Waals surface area contributed by atoms with E-state index in [9.17, 15) is 26.3 Å². The summed E-state index contributed by atoms with van der Waals surface area (Å²) in [4.78, 5) is 0. The highest BCUT2D eigenvalue weighted by atomic mass is 19.4. The first-order valence-corrected chi connectivity index (χ1v) is 8.22. The lowest BCUT2D eigenvalue weighted by Gasteiger charge is -2.09. The number of alkyl halides is 6. The molecule has 28 heavy (non-hydrogen) atoms. The van der Waals surface area contributed by atoms with Gasteiger partial charge in [0.2, 0.25) is 0 Å². The second-order valence-corrected chi connectivity index (χ2v) is 5.60. The van der Waals surface area contributed by atoms with Crippen LogP contribution in [0.1, 0.15) is 24.0 Å². The van der Waals surface area contributed by atoms with E-state index in [1.807, 2.05) is 0 Å². The van der Waals surface area contributed by atoms with Crippen LogP contribution in [0.2, 0.25) is 0 Å². The summed E-state index contributed by atoms with van der Waals surface area (Å²) in [5.74, 6) is 5.73. The van der Waals surface area contributed by atoms with E-state index in [-0.39, 0.29) is 24.7 Å². The SMILES string of the molecule is FC(F)(F)c1cccc(OCCC#CCCOc2cccc(C(F)(F)F)c2)c1. The van der Waals surface area contributed by atoms with Crippen molar-refractivity contribution in [3.8, 4) is 23.3 Å². The first-order chi connectivity index (χ1) is 13.2. The zero-order valence-corrected chi connectivity index (χ0v) is 14.5. The molecule has 0 heterocycles. The summed E-state index contributed by atoms with van der Waals surface area (Å²) in [7, 11) is 0. The molecule has 2 rings (SSSR count). The minimum atomic E-state index is -4.43. The van der Waals surface area contributed by atoms with Crippen LogP contribution in [0.5, 0.6) is 11.5 Å². The van der Waals surface area contributed by atoms with Gasteiger partial charge in [0.1, 0.15) is 11.5 Å². The Morgan fingerprint density at radius 1 is 0.643 bits per heavy atom. The van der Waals surface area contributed by atoms with Gasteiger partial charge in [0.05, 0.1) is 24.3 Å². The topological polar surface area (TPSA) is 18.5 Å². The number of hydrogen-bond acceptors (Lipinski definition) is 2. The van der Waals surface area contributed by atoms with Gasteiger partial charge in [-0.15, -0.1) is 0 Å². The molecule has 0 atom stereocenters. The number of ether oxygens (including phenoxy) is 2.